The van der Waals surface area contributed by atoms with Crippen LogP contribution in [0.15, 0.2) is 41.6 Å². The minimum atomic E-state index is -0.568. The van der Waals surface area contributed by atoms with E-state index in [2.05, 4.69) is 10.1 Å². The summed E-state index contributed by atoms with van der Waals surface area (Å²) in [5.74, 6) is 0.500. The van der Waals surface area contributed by atoms with Gasteiger partial charge in [-0.1, -0.05) is 6.07 Å². The Morgan fingerprint density at radius 2 is 2.00 bits per heavy atom. The summed E-state index contributed by atoms with van der Waals surface area (Å²) >= 11 is 0. The number of aryl methyl sites for hydroxylation is 1. The standard InChI is InChI=1S/C22H25N7O3/c1-22(2,3)32-21(31)27-10-8-14(13-27)29-19-17(26(4)20(29)30)12-23-18(25-19)15-11-24-28-9-6-5-7-16(15)28/h5-7,9,11-12,14H,8,10,13H2,1-4H3. The van der Waals surface area contributed by atoms with Gasteiger partial charge in [-0.05, 0) is 39.3 Å². The van der Waals surface area contributed by atoms with Gasteiger partial charge in [0.2, 0.25) is 0 Å². The van der Waals surface area contributed by atoms with Crippen LogP contribution in [0.1, 0.15) is 33.2 Å². The predicted molar refractivity (Wildman–Crippen MR) is 118 cm³/mol. The Hall–Kier alpha value is -3.69. The summed E-state index contributed by atoms with van der Waals surface area (Å²) < 4.78 is 10.5. The molecule has 1 aliphatic rings. The highest BCUT2D eigenvalue weighted by atomic mass is 16.6. The zero-order valence-electron chi connectivity index (χ0n) is 18.5. The predicted octanol–water partition coefficient (Wildman–Crippen LogP) is 2.63. The Labute approximate surface area is 184 Å². The highest BCUT2D eigenvalue weighted by Gasteiger charge is 2.33. The topological polar surface area (TPSA) is 99.5 Å². The Kier molecular flexibility index (Phi) is 4.54. The van der Waals surface area contributed by atoms with E-state index in [9.17, 15) is 9.59 Å². The number of aromatic nitrogens is 6. The molecule has 0 aliphatic carbocycles. The molecule has 1 unspecified atom stereocenters. The monoisotopic (exact) mass is 435 g/mol. The first-order chi connectivity index (χ1) is 15.2. The molecule has 0 N–H and O–H groups in total. The molecular formula is C22H25N7O3. The van der Waals surface area contributed by atoms with Crippen LogP contribution >= 0.6 is 0 Å². The third-order valence-electron chi connectivity index (χ3n) is 5.68. The quantitative estimate of drug-likeness (QED) is 0.480. The molecule has 0 saturated carbocycles. The van der Waals surface area contributed by atoms with E-state index in [1.807, 2.05) is 45.2 Å². The lowest BCUT2D eigenvalue weighted by Gasteiger charge is -2.24. The van der Waals surface area contributed by atoms with Crippen LogP contribution in [0.4, 0.5) is 4.79 Å². The minimum absolute atomic E-state index is 0.178. The number of imidazole rings is 1. The molecule has 4 aromatic rings. The summed E-state index contributed by atoms with van der Waals surface area (Å²) in [5.41, 5.74) is 2.12. The number of ether oxygens (including phenoxy) is 1. The van der Waals surface area contributed by atoms with Gasteiger partial charge in [0.05, 0.1) is 29.5 Å². The van der Waals surface area contributed by atoms with E-state index in [0.29, 0.717) is 36.5 Å². The van der Waals surface area contributed by atoms with Crippen LogP contribution in [0.2, 0.25) is 0 Å². The molecule has 10 heteroatoms. The number of nitrogens with zero attached hydrogens (tertiary/aromatic N) is 7. The van der Waals surface area contributed by atoms with E-state index < -0.39 is 5.60 Å². The maximum atomic E-state index is 13.1. The van der Waals surface area contributed by atoms with Gasteiger partial charge in [-0.2, -0.15) is 5.10 Å². The van der Waals surface area contributed by atoms with Crippen LogP contribution in [-0.4, -0.2) is 58.4 Å². The average Bonchev–Trinajstić information content (AvgIpc) is 3.44. The van der Waals surface area contributed by atoms with Crippen molar-refractivity contribution in [3.8, 4) is 11.4 Å². The van der Waals surface area contributed by atoms with E-state index in [1.54, 1.807) is 38.0 Å². The molecule has 5 rings (SSSR count). The highest BCUT2D eigenvalue weighted by molar-refractivity contribution is 5.79. The third kappa shape index (κ3) is 3.31. The third-order valence-corrected chi connectivity index (χ3v) is 5.68. The Morgan fingerprint density at radius 3 is 2.78 bits per heavy atom. The number of likely N-dealkylation sites (tertiary alicyclic amines) is 1. The van der Waals surface area contributed by atoms with Crippen molar-refractivity contribution in [2.24, 2.45) is 7.05 Å². The molecule has 0 radical (unpaired) electrons. The smallest absolute Gasteiger partial charge is 0.410 e. The molecule has 1 amide bonds. The Morgan fingerprint density at radius 1 is 1.19 bits per heavy atom. The molecule has 1 saturated heterocycles. The SMILES string of the molecule is Cn1c(=O)n(C2CCN(C(=O)OC(C)(C)C)C2)c2nc(-c3cnn4ccccc34)ncc21. The molecule has 10 nitrogen and oxygen atoms in total. The number of fused-ring (bicyclic) bond motifs is 2. The van der Waals surface area contributed by atoms with Crippen LogP contribution < -0.4 is 5.69 Å². The van der Waals surface area contributed by atoms with Gasteiger partial charge in [-0.25, -0.2) is 24.1 Å². The molecule has 1 fully saturated rings. The van der Waals surface area contributed by atoms with E-state index in [4.69, 9.17) is 9.72 Å². The number of amides is 1. The average molecular weight is 435 g/mol. The summed E-state index contributed by atoms with van der Waals surface area (Å²) in [4.78, 5) is 36.5. The summed E-state index contributed by atoms with van der Waals surface area (Å²) in [6.07, 6.45) is 5.54. The number of carbonyl (C=O) groups excluding carboxylic acids is 1. The van der Waals surface area contributed by atoms with Crippen LogP contribution in [0, 0.1) is 0 Å². The summed E-state index contributed by atoms with van der Waals surface area (Å²) in [7, 11) is 1.71. The Balaban J connectivity index is 1.54. The molecule has 4 aromatic heterocycles. The zero-order chi connectivity index (χ0) is 22.6. The second-order valence-corrected chi connectivity index (χ2v) is 9.07. The van der Waals surface area contributed by atoms with Gasteiger partial charge in [0, 0.05) is 26.3 Å². The van der Waals surface area contributed by atoms with E-state index in [-0.39, 0.29) is 17.8 Å². The number of pyridine rings is 1. The lowest BCUT2D eigenvalue weighted by atomic mass is 10.2. The summed E-state index contributed by atoms with van der Waals surface area (Å²) in [6, 6.07) is 5.59. The second-order valence-electron chi connectivity index (χ2n) is 9.07. The molecular weight excluding hydrogens is 410 g/mol. The van der Waals surface area contributed by atoms with Gasteiger partial charge in [-0.15, -0.1) is 0 Å². The maximum absolute atomic E-state index is 13.1. The fourth-order valence-corrected chi connectivity index (χ4v) is 4.15. The first-order valence-electron chi connectivity index (χ1n) is 10.6. The van der Waals surface area contributed by atoms with E-state index in [1.165, 1.54) is 0 Å². The van der Waals surface area contributed by atoms with Crippen molar-refractivity contribution in [2.75, 3.05) is 13.1 Å². The fraction of sp³-hybridized carbons (Fsp3) is 0.409. The lowest BCUT2D eigenvalue weighted by molar-refractivity contribution is 0.0289. The molecule has 166 valence electrons. The van der Waals surface area contributed by atoms with Gasteiger partial charge in [-0.3, -0.25) is 9.13 Å². The molecule has 5 heterocycles. The highest BCUT2D eigenvalue weighted by Crippen LogP contribution is 2.27. The molecule has 1 atom stereocenters. The van der Waals surface area contributed by atoms with Crippen molar-refractivity contribution >= 4 is 22.8 Å². The normalized spacial score (nSPS) is 16.9. The maximum Gasteiger partial charge on any atom is 0.410 e. The number of hydrogen-bond donors (Lipinski definition) is 0. The van der Waals surface area contributed by atoms with Gasteiger partial charge in [0.1, 0.15) is 11.1 Å². The van der Waals surface area contributed by atoms with Gasteiger partial charge < -0.3 is 9.64 Å². The molecule has 0 bridgehead atoms. The largest absolute Gasteiger partial charge is 0.444 e. The molecule has 0 spiro atoms. The zero-order valence-corrected chi connectivity index (χ0v) is 18.5. The van der Waals surface area contributed by atoms with Crippen molar-refractivity contribution in [1.29, 1.82) is 0 Å². The first-order valence-corrected chi connectivity index (χ1v) is 10.6. The molecule has 32 heavy (non-hydrogen) atoms. The van der Waals surface area contributed by atoms with Crippen molar-refractivity contribution < 1.29 is 9.53 Å². The molecule has 1 aliphatic heterocycles. The van der Waals surface area contributed by atoms with Gasteiger partial charge >= 0.3 is 11.8 Å². The van der Waals surface area contributed by atoms with E-state index in [0.717, 1.165) is 11.1 Å². The van der Waals surface area contributed by atoms with Crippen LogP contribution in [-0.2, 0) is 11.8 Å². The fourth-order valence-electron chi connectivity index (χ4n) is 4.15. The lowest BCUT2D eigenvalue weighted by Crippen LogP contribution is -2.36. The number of carbonyl (C=O) groups is 1. The first kappa shape index (κ1) is 20.2. The van der Waals surface area contributed by atoms with Crippen molar-refractivity contribution in [3.05, 3.63) is 47.3 Å². The molecule has 0 aromatic carbocycles. The Bertz CT molecular complexity index is 1390. The van der Waals surface area contributed by atoms with E-state index >= 15 is 0 Å². The van der Waals surface area contributed by atoms with Crippen molar-refractivity contribution in [2.45, 2.75) is 38.8 Å². The van der Waals surface area contributed by atoms with Gasteiger partial charge in [0.15, 0.2) is 11.5 Å². The minimum Gasteiger partial charge on any atom is -0.444 e. The van der Waals surface area contributed by atoms with Crippen molar-refractivity contribution in [1.82, 2.24) is 33.6 Å². The summed E-state index contributed by atoms with van der Waals surface area (Å²) in [6.45, 7) is 6.43. The van der Waals surface area contributed by atoms with Crippen LogP contribution in [0.5, 0.6) is 0 Å². The van der Waals surface area contributed by atoms with Crippen LogP contribution in [0.3, 0.4) is 0 Å². The number of rotatable bonds is 2. The second kappa shape index (κ2) is 7.18. The van der Waals surface area contributed by atoms with Gasteiger partial charge in [0.25, 0.3) is 0 Å². The van der Waals surface area contributed by atoms with Crippen LogP contribution in [0.25, 0.3) is 28.1 Å². The summed E-state index contributed by atoms with van der Waals surface area (Å²) in [5, 5.41) is 4.36. The number of hydrogen-bond acceptors (Lipinski definition) is 6. The van der Waals surface area contributed by atoms with Crippen molar-refractivity contribution in [3.63, 3.8) is 0 Å².